The van der Waals surface area contributed by atoms with Gasteiger partial charge in [-0.25, -0.2) is 9.78 Å². The Morgan fingerprint density at radius 1 is 1.12 bits per heavy atom. The molecule has 2 amide bonds. The van der Waals surface area contributed by atoms with Crippen LogP contribution in [0.4, 0.5) is 10.5 Å². The van der Waals surface area contributed by atoms with Crippen molar-refractivity contribution in [1.29, 1.82) is 0 Å². The number of nitrogens with one attached hydrogen (secondary N) is 1. The van der Waals surface area contributed by atoms with Gasteiger partial charge in [0, 0.05) is 5.56 Å². The summed E-state index contributed by atoms with van der Waals surface area (Å²) in [5.74, 6) is 0.614. The van der Waals surface area contributed by atoms with E-state index in [-0.39, 0.29) is 11.1 Å². The van der Waals surface area contributed by atoms with Crippen LogP contribution in [0.25, 0.3) is 10.2 Å². The maximum Gasteiger partial charge on any atom is 0.411 e. The normalized spacial score (nSPS) is 10.4. The van der Waals surface area contributed by atoms with E-state index in [1.54, 1.807) is 36.4 Å². The molecule has 1 heterocycles. The fourth-order valence-corrected chi connectivity index (χ4v) is 3.19. The van der Waals surface area contributed by atoms with Crippen molar-refractivity contribution in [2.24, 2.45) is 5.73 Å². The van der Waals surface area contributed by atoms with E-state index in [4.69, 9.17) is 19.9 Å². The van der Waals surface area contributed by atoms with E-state index in [0.29, 0.717) is 33.0 Å². The Morgan fingerprint density at radius 3 is 2.42 bits per heavy atom. The zero-order chi connectivity index (χ0) is 18.7. The van der Waals surface area contributed by atoms with Crippen molar-refractivity contribution in [3.8, 4) is 16.7 Å². The Balaban J connectivity index is 1.90. The lowest BCUT2D eigenvalue weighted by Crippen LogP contribution is -2.15. The molecule has 0 fully saturated rings. The highest BCUT2D eigenvalue weighted by Crippen LogP contribution is 2.35. The monoisotopic (exact) mass is 373 g/mol. The molecule has 0 aliphatic rings. The fourth-order valence-electron chi connectivity index (χ4n) is 2.33. The fraction of sp³-hybridized carbons (Fsp3) is 0.118. The molecule has 0 aliphatic heterocycles. The number of aromatic nitrogens is 1. The second-order valence-corrected chi connectivity index (χ2v) is 6.07. The number of anilines is 1. The van der Waals surface area contributed by atoms with Gasteiger partial charge < -0.3 is 25.3 Å². The summed E-state index contributed by atoms with van der Waals surface area (Å²) in [6.07, 6.45) is -0.940. The minimum absolute atomic E-state index is 0.122. The lowest BCUT2D eigenvalue weighted by Gasteiger charge is -2.13. The lowest BCUT2D eigenvalue weighted by molar-refractivity contribution is 0.102. The molecule has 0 unspecified atom stereocenters. The zero-order valence-electron chi connectivity index (χ0n) is 13.9. The minimum Gasteiger partial charge on any atom is -0.494 e. The van der Waals surface area contributed by atoms with Crippen LogP contribution < -0.4 is 25.3 Å². The minimum atomic E-state index is -0.940. The number of para-hydroxylation sites is 1. The molecule has 0 saturated heterocycles. The predicted molar refractivity (Wildman–Crippen MR) is 97.3 cm³/mol. The van der Waals surface area contributed by atoms with Crippen molar-refractivity contribution in [3.63, 3.8) is 0 Å². The summed E-state index contributed by atoms with van der Waals surface area (Å²) >= 11 is 1.12. The average molecular weight is 373 g/mol. The summed E-state index contributed by atoms with van der Waals surface area (Å²) in [6, 6.07) is 10.1. The lowest BCUT2D eigenvalue weighted by atomic mass is 10.2. The molecule has 0 spiro atoms. The SMILES string of the molecule is COc1cccc(OC)c1NC(=O)c1ccc2nc(OC(N)=O)sc2c1. The number of rotatable bonds is 5. The third-order valence-electron chi connectivity index (χ3n) is 3.49. The van der Waals surface area contributed by atoms with Crippen LogP contribution in [0.5, 0.6) is 16.7 Å². The van der Waals surface area contributed by atoms with Gasteiger partial charge in [-0.3, -0.25) is 4.79 Å². The molecule has 3 aromatic rings. The van der Waals surface area contributed by atoms with Crippen LogP contribution >= 0.6 is 11.3 Å². The number of carbonyl (C=O) groups excluding carboxylic acids is 2. The van der Waals surface area contributed by atoms with Crippen LogP contribution in [0.3, 0.4) is 0 Å². The Kier molecular flexibility index (Phi) is 4.90. The first-order valence-electron chi connectivity index (χ1n) is 7.42. The number of hydrogen-bond donors (Lipinski definition) is 2. The van der Waals surface area contributed by atoms with E-state index >= 15 is 0 Å². The largest absolute Gasteiger partial charge is 0.494 e. The molecule has 0 radical (unpaired) electrons. The molecule has 0 aliphatic carbocycles. The van der Waals surface area contributed by atoms with Gasteiger partial charge in [0.1, 0.15) is 17.2 Å². The number of benzene rings is 2. The highest BCUT2D eigenvalue weighted by atomic mass is 32.1. The number of amides is 2. The van der Waals surface area contributed by atoms with Crippen molar-refractivity contribution in [2.45, 2.75) is 0 Å². The summed E-state index contributed by atoms with van der Waals surface area (Å²) in [5.41, 5.74) is 6.42. The number of primary amides is 1. The number of ether oxygens (including phenoxy) is 3. The number of thiazole rings is 1. The average Bonchev–Trinajstić information content (AvgIpc) is 3.02. The van der Waals surface area contributed by atoms with E-state index in [9.17, 15) is 9.59 Å². The van der Waals surface area contributed by atoms with Crippen LogP contribution in [-0.4, -0.2) is 31.2 Å². The molecular weight excluding hydrogens is 358 g/mol. The maximum atomic E-state index is 12.6. The van der Waals surface area contributed by atoms with E-state index in [1.807, 2.05) is 0 Å². The first-order chi connectivity index (χ1) is 12.5. The van der Waals surface area contributed by atoms with Gasteiger partial charge in [0.15, 0.2) is 0 Å². The molecule has 0 saturated carbocycles. The summed E-state index contributed by atoms with van der Waals surface area (Å²) in [4.78, 5) is 27.6. The highest BCUT2D eigenvalue weighted by molar-refractivity contribution is 7.20. The van der Waals surface area contributed by atoms with Gasteiger partial charge >= 0.3 is 6.09 Å². The van der Waals surface area contributed by atoms with Gasteiger partial charge in [0.2, 0.25) is 0 Å². The molecule has 26 heavy (non-hydrogen) atoms. The van der Waals surface area contributed by atoms with Crippen LogP contribution in [0.15, 0.2) is 36.4 Å². The zero-order valence-corrected chi connectivity index (χ0v) is 14.8. The van der Waals surface area contributed by atoms with E-state index in [0.717, 1.165) is 11.3 Å². The van der Waals surface area contributed by atoms with Crippen LogP contribution in [0.1, 0.15) is 10.4 Å². The number of fused-ring (bicyclic) bond motifs is 1. The maximum absolute atomic E-state index is 12.6. The third kappa shape index (κ3) is 3.52. The third-order valence-corrected chi connectivity index (χ3v) is 4.38. The number of carbonyl (C=O) groups is 2. The summed E-state index contributed by atoms with van der Waals surface area (Å²) in [7, 11) is 3.02. The topological polar surface area (TPSA) is 113 Å². The molecule has 8 nitrogen and oxygen atoms in total. The standard InChI is InChI=1S/C17H15N3O5S/c1-23-11-4-3-5-12(24-2)14(11)20-15(21)9-6-7-10-13(8-9)26-17(19-10)25-16(18)22/h3-8H,1-2H3,(H2,18,22)(H,20,21). The van der Waals surface area contributed by atoms with Crippen LogP contribution in [0.2, 0.25) is 0 Å². The first kappa shape index (κ1) is 17.5. The first-order valence-corrected chi connectivity index (χ1v) is 8.23. The molecule has 2 aromatic carbocycles. The smallest absolute Gasteiger partial charge is 0.411 e. The summed E-state index contributed by atoms with van der Waals surface area (Å²) < 4.78 is 16.0. The van der Waals surface area contributed by atoms with Crippen LogP contribution in [-0.2, 0) is 0 Å². The Labute approximate surface area is 152 Å². The molecule has 3 N–H and O–H groups in total. The highest BCUT2D eigenvalue weighted by Gasteiger charge is 2.16. The molecule has 0 bridgehead atoms. The van der Waals surface area contributed by atoms with Gasteiger partial charge in [0.05, 0.1) is 24.4 Å². The van der Waals surface area contributed by atoms with Crippen molar-refractivity contribution in [2.75, 3.05) is 19.5 Å². The Bertz CT molecular complexity index is 963. The molecular formula is C17H15N3O5S. The second-order valence-electron chi connectivity index (χ2n) is 5.08. The Morgan fingerprint density at radius 2 is 1.81 bits per heavy atom. The van der Waals surface area contributed by atoms with Gasteiger partial charge in [-0.2, -0.15) is 0 Å². The molecule has 3 rings (SSSR count). The number of nitrogens with zero attached hydrogens (tertiary/aromatic N) is 1. The van der Waals surface area contributed by atoms with E-state index in [2.05, 4.69) is 10.3 Å². The van der Waals surface area contributed by atoms with Gasteiger partial charge in [-0.15, -0.1) is 0 Å². The van der Waals surface area contributed by atoms with Gasteiger partial charge in [-0.05, 0) is 30.3 Å². The number of methoxy groups -OCH3 is 2. The number of hydrogen-bond acceptors (Lipinski definition) is 7. The molecule has 134 valence electrons. The van der Waals surface area contributed by atoms with Gasteiger partial charge in [-0.1, -0.05) is 17.4 Å². The molecule has 0 atom stereocenters. The molecule has 9 heteroatoms. The van der Waals surface area contributed by atoms with Crippen molar-refractivity contribution < 1.29 is 23.8 Å². The predicted octanol–water partition coefficient (Wildman–Crippen LogP) is 3.02. The quantitative estimate of drug-likeness (QED) is 0.711. The van der Waals surface area contributed by atoms with Crippen molar-refractivity contribution in [3.05, 3.63) is 42.0 Å². The number of nitrogens with two attached hydrogens (primary N) is 1. The Hall–Kier alpha value is -3.33. The van der Waals surface area contributed by atoms with E-state index < -0.39 is 6.09 Å². The summed E-state index contributed by atoms with van der Waals surface area (Å²) in [5, 5.41) is 2.91. The summed E-state index contributed by atoms with van der Waals surface area (Å²) in [6.45, 7) is 0. The molecule has 1 aromatic heterocycles. The second kappa shape index (κ2) is 7.28. The van der Waals surface area contributed by atoms with Crippen molar-refractivity contribution in [1.82, 2.24) is 4.98 Å². The van der Waals surface area contributed by atoms with Crippen LogP contribution in [0, 0.1) is 0 Å². The van der Waals surface area contributed by atoms with Crippen molar-refractivity contribution >= 4 is 39.2 Å². The van der Waals surface area contributed by atoms with E-state index in [1.165, 1.54) is 14.2 Å². The van der Waals surface area contributed by atoms with Gasteiger partial charge in [0.25, 0.3) is 11.1 Å².